The molecule has 0 aliphatic heterocycles. The van der Waals surface area contributed by atoms with Crippen LogP contribution in [-0.2, 0) is 24.2 Å². The topological polar surface area (TPSA) is 78.0 Å². The summed E-state index contributed by atoms with van der Waals surface area (Å²) in [6, 6.07) is 0. The van der Waals surface area contributed by atoms with Gasteiger partial charge in [-0.2, -0.15) is 0 Å². The third-order valence-electron chi connectivity index (χ3n) is 3.78. The maximum absolute atomic E-state index is 12.9. The fraction of sp³-hybridized carbons (Fsp3) is 0.400. The van der Waals surface area contributed by atoms with E-state index in [9.17, 15) is 9.59 Å². The van der Waals surface area contributed by atoms with Crippen molar-refractivity contribution in [1.29, 1.82) is 0 Å². The van der Waals surface area contributed by atoms with Crippen molar-refractivity contribution in [2.45, 2.75) is 43.1 Å². The number of thioether (sulfide) groups is 1. The van der Waals surface area contributed by atoms with Gasteiger partial charge in [-0.15, -0.1) is 17.9 Å². The monoisotopic (exact) mass is 335 g/mol. The second-order valence-electron chi connectivity index (χ2n) is 5.30. The van der Waals surface area contributed by atoms with Crippen LogP contribution >= 0.6 is 23.1 Å². The first-order chi connectivity index (χ1) is 10.5. The summed E-state index contributed by atoms with van der Waals surface area (Å²) in [6.45, 7) is 5.80. The van der Waals surface area contributed by atoms with Crippen LogP contribution in [0.25, 0.3) is 10.2 Å². The fourth-order valence-electron chi connectivity index (χ4n) is 2.65. The summed E-state index contributed by atoms with van der Waals surface area (Å²) in [5.41, 5.74) is 6.45. The summed E-state index contributed by atoms with van der Waals surface area (Å²) in [7, 11) is 0. The number of nitrogens with two attached hydrogens (primary N) is 1. The first-order valence-electron chi connectivity index (χ1n) is 7.15. The standard InChI is InChI=1S/C15H17N3O2S2/c1-3-7-18-14(20)11-9-5-4-6-10(9)22-13(11)17-15(18)21-8(2)12(16)19/h3,8H,1,4-7H2,2H3,(H2,16,19)/t8-/m1/s1. The summed E-state index contributed by atoms with van der Waals surface area (Å²) in [6.07, 6.45) is 4.75. The molecule has 1 aliphatic carbocycles. The zero-order valence-corrected chi connectivity index (χ0v) is 13.9. The van der Waals surface area contributed by atoms with Crippen molar-refractivity contribution in [2.24, 2.45) is 5.73 Å². The molecule has 22 heavy (non-hydrogen) atoms. The minimum absolute atomic E-state index is 0.0385. The van der Waals surface area contributed by atoms with Crippen LogP contribution in [0, 0.1) is 0 Å². The maximum Gasteiger partial charge on any atom is 0.263 e. The molecule has 0 aromatic carbocycles. The van der Waals surface area contributed by atoms with Crippen molar-refractivity contribution >= 4 is 39.2 Å². The molecule has 2 heterocycles. The predicted molar refractivity (Wildman–Crippen MR) is 90.6 cm³/mol. The molecule has 3 rings (SSSR count). The quantitative estimate of drug-likeness (QED) is 0.516. The number of carbonyl (C=O) groups is 1. The Kier molecular flexibility index (Phi) is 4.10. The van der Waals surface area contributed by atoms with E-state index in [0.29, 0.717) is 11.7 Å². The zero-order chi connectivity index (χ0) is 15.9. The molecule has 0 saturated heterocycles. The van der Waals surface area contributed by atoms with Gasteiger partial charge in [0.05, 0.1) is 10.6 Å². The molecule has 0 unspecified atom stereocenters. The highest BCUT2D eigenvalue weighted by molar-refractivity contribution is 8.00. The number of rotatable bonds is 5. The molecule has 2 aromatic rings. The number of fused-ring (bicyclic) bond motifs is 3. The van der Waals surface area contributed by atoms with Crippen LogP contribution in [0.1, 0.15) is 23.8 Å². The molecule has 0 fully saturated rings. The molecule has 1 aliphatic rings. The van der Waals surface area contributed by atoms with Crippen LogP contribution in [0.5, 0.6) is 0 Å². The highest BCUT2D eigenvalue weighted by atomic mass is 32.2. The van der Waals surface area contributed by atoms with Crippen LogP contribution in [-0.4, -0.2) is 20.7 Å². The first kappa shape index (κ1) is 15.3. The molecule has 1 amide bonds. The summed E-state index contributed by atoms with van der Waals surface area (Å²) >= 11 is 2.82. The number of hydrogen-bond acceptors (Lipinski definition) is 5. The van der Waals surface area contributed by atoms with Crippen LogP contribution < -0.4 is 11.3 Å². The number of aromatic nitrogens is 2. The fourth-order valence-corrected chi connectivity index (χ4v) is 4.83. The predicted octanol–water partition coefficient (Wildman–Crippen LogP) is 2.10. The van der Waals surface area contributed by atoms with Crippen molar-refractivity contribution in [2.75, 3.05) is 0 Å². The average molecular weight is 335 g/mol. The van der Waals surface area contributed by atoms with E-state index >= 15 is 0 Å². The molecule has 2 N–H and O–H groups in total. The molecule has 0 bridgehead atoms. The second-order valence-corrected chi connectivity index (χ2v) is 7.69. The van der Waals surface area contributed by atoms with Gasteiger partial charge in [-0.25, -0.2) is 4.98 Å². The van der Waals surface area contributed by atoms with E-state index in [4.69, 9.17) is 5.73 Å². The van der Waals surface area contributed by atoms with Crippen LogP contribution in [0.3, 0.4) is 0 Å². The Labute approximate surface area is 136 Å². The van der Waals surface area contributed by atoms with Gasteiger partial charge in [0, 0.05) is 11.4 Å². The number of hydrogen-bond donors (Lipinski definition) is 1. The van der Waals surface area contributed by atoms with Gasteiger partial charge in [-0.3, -0.25) is 14.2 Å². The lowest BCUT2D eigenvalue weighted by Crippen LogP contribution is -2.27. The number of amides is 1. The van der Waals surface area contributed by atoms with E-state index in [2.05, 4.69) is 11.6 Å². The molecule has 5 nitrogen and oxygen atoms in total. The lowest BCUT2D eigenvalue weighted by atomic mass is 10.2. The van der Waals surface area contributed by atoms with Gasteiger partial charge < -0.3 is 5.73 Å². The molecule has 0 saturated carbocycles. The first-order valence-corrected chi connectivity index (χ1v) is 8.84. The third-order valence-corrected chi connectivity index (χ3v) is 6.08. The Morgan fingerprint density at radius 2 is 2.36 bits per heavy atom. The molecular weight excluding hydrogens is 318 g/mol. The normalized spacial score (nSPS) is 15.0. The Balaban J connectivity index is 2.19. The molecule has 1 atom stereocenters. The zero-order valence-electron chi connectivity index (χ0n) is 12.3. The Hall–Kier alpha value is -1.60. The largest absolute Gasteiger partial charge is 0.369 e. The number of nitrogens with zero attached hydrogens (tertiary/aromatic N) is 2. The summed E-state index contributed by atoms with van der Waals surface area (Å²) in [5.74, 6) is -0.418. The van der Waals surface area contributed by atoms with Crippen molar-refractivity contribution in [3.63, 3.8) is 0 Å². The molecule has 0 spiro atoms. The second kappa shape index (κ2) is 5.89. The van der Waals surface area contributed by atoms with Crippen molar-refractivity contribution in [3.05, 3.63) is 33.4 Å². The average Bonchev–Trinajstić information content (AvgIpc) is 3.02. The van der Waals surface area contributed by atoms with Crippen molar-refractivity contribution < 1.29 is 4.79 Å². The van der Waals surface area contributed by atoms with Crippen LogP contribution in [0.4, 0.5) is 0 Å². The minimum atomic E-state index is -0.438. The highest BCUT2D eigenvalue weighted by Crippen LogP contribution is 2.35. The highest BCUT2D eigenvalue weighted by Gasteiger charge is 2.24. The van der Waals surface area contributed by atoms with Crippen molar-refractivity contribution in [3.8, 4) is 0 Å². The number of allylic oxidation sites excluding steroid dienone is 1. The van der Waals surface area contributed by atoms with E-state index in [-0.39, 0.29) is 5.56 Å². The Morgan fingerprint density at radius 1 is 1.59 bits per heavy atom. The molecule has 2 aromatic heterocycles. The SMILES string of the molecule is C=CCn1c(S[C@H](C)C(N)=O)nc2sc3c(c2c1=O)CCC3. The van der Waals surface area contributed by atoms with E-state index in [1.807, 2.05) is 0 Å². The van der Waals surface area contributed by atoms with E-state index < -0.39 is 11.2 Å². The molecule has 116 valence electrons. The Bertz CT molecular complexity index is 822. The van der Waals surface area contributed by atoms with Crippen molar-refractivity contribution in [1.82, 2.24) is 9.55 Å². The minimum Gasteiger partial charge on any atom is -0.369 e. The molecule has 0 radical (unpaired) electrons. The molecule has 7 heteroatoms. The van der Waals surface area contributed by atoms with Gasteiger partial charge in [0.1, 0.15) is 4.83 Å². The number of aryl methyl sites for hydroxylation is 2. The van der Waals surface area contributed by atoms with E-state index in [1.165, 1.54) is 16.6 Å². The third kappa shape index (κ3) is 2.48. The van der Waals surface area contributed by atoms with E-state index in [0.717, 1.165) is 35.0 Å². The van der Waals surface area contributed by atoms with Gasteiger partial charge in [0.25, 0.3) is 5.56 Å². The summed E-state index contributed by atoms with van der Waals surface area (Å²) in [4.78, 5) is 30.8. The van der Waals surface area contributed by atoms with Crippen LogP contribution in [0.15, 0.2) is 22.6 Å². The lowest BCUT2D eigenvalue weighted by molar-refractivity contribution is -0.117. The van der Waals surface area contributed by atoms with Crippen LogP contribution in [0.2, 0.25) is 0 Å². The smallest absolute Gasteiger partial charge is 0.263 e. The van der Waals surface area contributed by atoms with Gasteiger partial charge in [-0.1, -0.05) is 17.8 Å². The van der Waals surface area contributed by atoms with E-state index in [1.54, 1.807) is 28.9 Å². The Morgan fingerprint density at radius 3 is 3.05 bits per heavy atom. The van der Waals surface area contributed by atoms with Gasteiger partial charge in [0.15, 0.2) is 5.16 Å². The van der Waals surface area contributed by atoms with Gasteiger partial charge in [-0.05, 0) is 31.7 Å². The number of thiophene rings is 1. The van der Waals surface area contributed by atoms with Gasteiger partial charge in [0.2, 0.25) is 5.91 Å². The number of primary amides is 1. The number of carbonyl (C=O) groups excluding carboxylic acids is 1. The summed E-state index contributed by atoms with van der Waals surface area (Å²) < 4.78 is 1.59. The van der Waals surface area contributed by atoms with Gasteiger partial charge >= 0.3 is 0 Å². The molecular formula is C15H17N3O2S2. The lowest BCUT2D eigenvalue weighted by Gasteiger charge is -2.12. The maximum atomic E-state index is 12.9. The summed E-state index contributed by atoms with van der Waals surface area (Å²) in [5, 5.41) is 0.839.